The standard InChI is InChI=1S/C12H14N2O3S/c15-11(8-3-1-2-4-8)13-6-5-10-14-9(7-18-10)12(16)17/h1-2,7-8H,3-6H2,(H,13,15)(H,16,17). The highest BCUT2D eigenvalue weighted by Crippen LogP contribution is 2.17. The van der Waals surface area contributed by atoms with E-state index in [0.29, 0.717) is 13.0 Å². The molecule has 18 heavy (non-hydrogen) atoms. The summed E-state index contributed by atoms with van der Waals surface area (Å²) in [6.45, 7) is 0.502. The number of aromatic nitrogens is 1. The molecule has 1 aliphatic rings. The molecule has 0 bridgehead atoms. The van der Waals surface area contributed by atoms with Gasteiger partial charge in [-0.25, -0.2) is 9.78 Å². The summed E-state index contributed by atoms with van der Waals surface area (Å²) in [4.78, 5) is 26.3. The lowest BCUT2D eigenvalue weighted by molar-refractivity contribution is -0.124. The van der Waals surface area contributed by atoms with Gasteiger partial charge in [0.1, 0.15) is 0 Å². The molecule has 1 aromatic rings. The Kier molecular flexibility index (Phi) is 4.09. The van der Waals surface area contributed by atoms with Gasteiger partial charge in [0.05, 0.1) is 5.01 Å². The number of carboxylic acids is 1. The van der Waals surface area contributed by atoms with Crippen molar-refractivity contribution in [2.45, 2.75) is 19.3 Å². The van der Waals surface area contributed by atoms with Gasteiger partial charge in [-0.15, -0.1) is 11.3 Å². The van der Waals surface area contributed by atoms with Crippen LogP contribution in [0, 0.1) is 5.92 Å². The zero-order valence-corrected chi connectivity index (χ0v) is 10.6. The lowest BCUT2D eigenvalue weighted by atomic mass is 10.1. The molecular formula is C12H14N2O3S. The maximum Gasteiger partial charge on any atom is 0.355 e. The molecule has 0 unspecified atom stereocenters. The predicted octanol–water partition coefficient (Wildman–Crippen LogP) is 1.47. The lowest BCUT2D eigenvalue weighted by Crippen LogP contribution is -2.31. The number of thiazole rings is 1. The fourth-order valence-electron chi connectivity index (χ4n) is 1.79. The third kappa shape index (κ3) is 3.16. The molecule has 0 spiro atoms. The van der Waals surface area contributed by atoms with Crippen molar-refractivity contribution in [2.24, 2.45) is 5.92 Å². The van der Waals surface area contributed by atoms with Crippen molar-refractivity contribution in [3.05, 3.63) is 28.2 Å². The summed E-state index contributed by atoms with van der Waals surface area (Å²) in [5.74, 6) is -0.885. The minimum absolute atomic E-state index is 0.0648. The Bertz CT molecular complexity index is 473. The number of carbonyl (C=O) groups is 2. The minimum atomic E-state index is -1.02. The molecule has 6 heteroatoms. The molecule has 0 fully saturated rings. The first kappa shape index (κ1) is 12.8. The highest BCUT2D eigenvalue weighted by molar-refractivity contribution is 7.09. The minimum Gasteiger partial charge on any atom is -0.476 e. The summed E-state index contributed by atoms with van der Waals surface area (Å²) in [5.41, 5.74) is 0.0707. The van der Waals surface area contributed by atoms with Crippen molar-refractivity contribution in [3.8, 4) is 0 Å². The van der Waals surface area contributed by atoms with Crippen molar-refractivity contribution >= 4 is 23.2 Å². The van der Waals surface area contributed by atoms with Crippen LogP contribution in [0.3, 0.4) is 0 Å². The van der Waals surface area contributed by atoms with Gasteiger partial charge in [0.15, 0.2) is 5.69 Å². The quantitative estimate of drug-likeness (QED) is 0.791. The second-order valence-electron chi connectivity index (χ2n) is 4.11. The molecule has 0 saturated carbocycles. The number of carboxylic acid groups (broad SMARTS) is 1. The average molecular weight is 266 g/mol. The summed E-state index contributed by atoms with van der Waals surface area (Å²) in [7, 11) is 0. The van der Waals surface area contributed by atoms with E-state index >= 15 is 0 Å². The summed E-state index contributed by atoms with van der Waals surface area (Å²) >= 11 is 1.31. The highest BCUT2D eigenvalue weighted by Gasteiger charge is 2.18. The number of carbonyl (C=O) groups excluding carboxylic acids is 1. The first-order chi connectivity index (χ1) is 8.66. The van der Waals surface area contributed by atoms with Gasteiger partial charge in [-0.05, 0) is 12.8 Å². The van der Waals surface area contributed by atoms with E-state index in [9.17, 15) is 9.59 Å². The number of hydrogen-bond acceptors (Lipinski definition) is 4. The second kappa shape index (κ2) is 5.77. The van der Waals surface area contributed by atoms with E-state index in [1.807, 2.05) is 12.2 Å². The molecule has 2 N–H and O–H groups in total. The van der Waals surface area contributed by atoms with Crippen LogP contribution in [-0.2, 0) is 11.2 Å². The number of amides is 1. The van der Waals surface area contributed by atoms with Crippen molar-refractivity contribution in [3.63, 3.8) is 0 Å². The SMILES string of the molecule is O=C(O)c1csc(CCNC(=O)C2CC=CC2)n1. The molecule has 0 radical (unpaired) electrons. The molecule has 0 saturated heterocycles. The zero-order chi connectivity index (χ0) is 13.0. The molecular weight excluding hydrogens is 252 g/mol. The molecule has 1 aromatic heterocycles. The molecule has 0 aromatic carbocycles. The number of rotatable bonds is 5. The fourth-order valence-corrected chi connectivity index (χ4v) is 2.56. The maximum absolute atomic E-state index is 11.7. The van der Waals surface area contributed by atoms with E-state index in [1.165, 1.54) is 16.7 Å². The van der Waals surface area contributed by atoms with Gasteiger partial charge in [0.2, 0.25) is 5.91 Å². The first-order valence-electron chi connectivity index (χ1n) is 5.77. The van der Waals surface area contributed by atoms with Crippen LogP contribution in [-0.4, -0.2) is 28.5 Å². The van der Waals surface area contributed by atoms with Crippen LogP contribution in [0.5, 0.6) is 0 Å². The molecule has 0 aliphatic heterocycles. The first-order valence-corrected chi connectivity index (χ1v) is 6.65. The maximum atomic E-state index is 11.7. The van der Waals surface area contributed by atoms with Crippen LogP contribution in [0.4, 0.5) is 0 Å². The Balaban J connectivity index is 1.74. The summed E-state index contributed by atoms with van der Waals surface area (Å²) in [6, 6.07) is 0. The van der Waals surface area contributed by atoms with Gasteiger partial charge in [-0.1, -0.05) is 12.2 Å². The third-order valence-electron chi connectivity index (χ3n) is 2.79. The number of allylic oxidation sites excluding steroid dienone is 2. The van der Waals surface area contributed by atoms with Gasteiger partial charge >= 0.3 is 5.97 Å². The summed E-state index contributed by atoms with van der Waals surface area (Å²) in [5, 5.41) is 13.8. The van der Waals surface area contributed by atoms with Gasteiger partial charge in [-0.2, -0.15) is 0 Å². The van der Waals surface area contributed by atoms with E-state index in [4.69, 9.17) is 5.11 Å². The molecule has 1 aliphatic carbocycles. The second-order valence-corrected chi connectivity index (χ2v) is 5.06. The van der Waals surface area contributed by atoms with Crippen molar-refractivity contribution in [2.75, 3.05) is 6.54 Å². The van der Waals surface area contributed by atoms with Crippen LogP contribution >= 0.6 is 11.3 Å². The summed E-state index contributed by atoms with van der Waals surface area (Å²) in [6.07, 6.45) is 6.23. The van der Waals surface area contributed by atoms with E-state index in [0.717, 1.165) is 17.8 Å². The Labute approximate surface area is 109 Å². The highest BCUT2D eigenvalue weighted by atomic mass is 32.1. The zero-order valence-electron chi connectivity index (χ0n) is 9.76. The Hall–Kier alpha value is -1.69. The fraction of sp³-hybridized carbons (Fsp3) is 0.417. The van der Waals surface area contributed by atoms with Crippen LogP contribution < -0.4 is 5.32 Å². The summed E-state index contributed by atoms with van der Waals surface area (Å²) < 4.78 is 0. The normalized spacial score (nSPS) is 14.9. The molecule has 1 heterocycles. The van der Waals surface area contributed by atoms with Crippen molar-refractivity contribution < 1.29 is 14.7 Å². The topological polar surface area (TPSA) is 79.3 Å². The Morgan fingerprint density at radius 2 is 2.17 bits per heavy atom. The van der Waals surface area contributed by atoms with Crippen LogP contribution in [0.15, 0.2) is 17.5 Å². The number of nitrogens with zero attached hydrogens (tertiary/aromatic N) is 1. The number of aromatic carboxylic acids is 1. The van der Waals surface area contributed by atoms with E-state index in [1.54, 1.807) is 0 Å². The van der Waals surface area contributed by atoms with E-state index in [2.05, 4.69) is 10.3 Å². The van der Waals surface area contributed by atoms with Gasteiger partial charge < -0.3 is 10.4 Å². The van der Waals surface area contributed by atoms with Crippen molar-refractivity contribution in [1.29, 1.82) is 0 Å². The smallest absolute Gasteiger partial charge is 0.355 e. The van der Waals surface area contributed by atoms with Crippen LogP contribution in [0.2, 0.25) is 0 Å². The Morgan fingerprint density at radius 1 is 1.44 bits per heavy atom. The number of nitrogens with one attached hydrogen (secondary N) is 1. The molecule has 5 nitrogen and oxygen atoms in total. The molecule has 2 rings (SSSR count). The van der Waals surface area contributed by atoms with E-state index < -0.39 is 5.97 Å². The predicted molar refractivity (Wildman–Crippen MR) is 67.7 cm³/mol. The van der Waals surface area contributed by atoms with Gasteiger partial charge in [0, 0.05) is 24.3 Å². The number of hydrogen-bond donors (Lipinski definition) is 2. The monoisotopic (exact) mass is 266 g/mol. The molecule has 1 amide bonds. The largest absolute Gasteiger partial charge is 0.476 e. The lowest BCUT2D eigenvalue weighted by Gasteiger charge is -2.09. The van der Waals surface area contributed by atoms with E-state index in [-0.39, 0.29) is 17.5 Å². The average Bonchev–Trinajstić information content (AvgIpc) is 3.00. The van der Waals surface area contributed by atoms with Gasteiger partial charge in [-0.3, -0.25) is 4.79 Å². The third-order valence-corrected chi connectivity index (χ3v) is 3.70. The van der Waals surface area contributed by atoms with Gasteiger partial charge in [0.25, 0.3) is 0 Å². The molecule has 0 atom stereocenters. The van der Waals surface area contributed by atoms with Crippen LogP contribution in [0.25, 0.3) is 0 Å². The molecule has 96 valence electrons. The Morgan fingerprint density at radius 3 is 2.78 bits per heavy atom. The van der Waals surface area contributed by atoms with Crippen molar-refractivity contribution in [1.82, 2.24) is 10.3 Å². The van der Waals surface area contributed by atoms with Crippen LogP contribution in [0.1, 0.15) is 28.3 Å².